The highest BCUT2D eigenvalue weighted by atomic mass is 16.5. The van der Waals surface area contributed by atoms with Gasteiger partial charge in [-0.25, -0.2) is 0 Å². The molecule has 16 heavy (non-hydrogen) atoms. The Morgan fingerprint density at radius 3 is 2.62 bits per heavy atom. The van der Waals surface area contributed by atoms with Crippen molar-refractivity contribution in [1.82, 2.24) is 10.2 Å². The minimum atomic E-state index is -0.170. The largest absolute Gasteiger partial charge is 0.371 e. The van der Waals surface area contributed by atoms with Gasteiger partial charge in [-0.1, -0.05) is 0 Å². The Balaban J connectivity index is 1.71. The third-order valence-electron chi connectivity index (χ3n) is 4.22. The number of carbonyl (C=O) groups excluding carboxylic acids is 1. The quantitative estimate of drug-likeness (QED) is 0.700. The Bertz CT molecular complexity index is 287. The molecular formula is C12H20N2O2. The van der Waals surface area contributed by atoms with Crippen LogP contribution in [0.3, 0.4) is 0 Å². The van der Waals surface area contributed by atoms with Gasteiger partial charge in [-0.3, -0.25) is 4.79 Å². The summed E-state index contributed by atoms with van der Waals surface area (Å²) in [5.41, 5.74) is -0.170. The zero-order valence-electron chi connectivity index (χ0n) is 9.87. The van der Waals surface area contributed by atoms with E-state index in [0.717, 1.165) is 45.4 Å². The monoisotopic (exact) mass is 224 g/mol. The summed E-state index contributed by atoms with van der Waals surface area (Å²) in [5, 5.41) is 3.29. The van der Waals surface area contributed by atoms with E-state index in [9.17, 15) is 4.79 Å². The van der Waals surface area contributed by atoms with Crippen LogP contribution in [0.15, 0.2) is 0 Å². The zero-order valence-corrected chi connectivity index (χ0v) is 9.87. The average Bonchev–Trinajstić information content (AvgIpc) is 2.85. The van der Waals surface area contributed by atoms with Gasteiger partial charge in [0.05, 0.1) is 17.6 Å². The number of amides is 1. The molecule has 4 nitrogen and oxygen atoms in total. The lowest BCUT2D eigenvalue weighted by molar-refractivity contribution is -0.148. The molecule has 0 aromatic heterocycles. The average molecular weight is 224 g/mol. The molecule has 2 bridgehead atoms. The van der Waals surface area contributed by atoms with Crippen molar-refractivity contribution in [3.05, 3.63) is 0 Å². The van der Waals surface area contributed by atoms with Gasteiger partial charge in [0.1, 0.15) is 0 Å². The molecule has 4 heteroatoms. The molecule has 3 saturated heterocycles. The summed E-state index contributed by atoms with van der Waals surface area (Å²) in [6, 6.07) is 0. The molecule has 3 atom stereocenters. The van der Waals surface area contributed by atoms with E-state index in [4.69, 9.17) is 4.74 Å². The first-order valence-corrected chi connectivity index (χ1v) is 6.33. The van der Waals surface area contributed by atoms with Crippen molar-refractivity contribution < 1.29 is 9.53 Å². The smallest absolute Gasteiger partial charge is 0.230 e. The van der Waals surface area contributed by atoms with Crippen LogP contribution in [0.25, 0.3) is 0 Å². The SMILES string of the molecule is CC1(C(=O)N2CC3CCC(C2)O3)CCNC1. The van der Waals surface area contributed by atoms with Gasteiger partial charge < -0.3 is 15.0 Å². The molecule has 3 aliphatic rings. The molecule has 3 fully saturated rings. The first-order chi connectivity index (χ1) is 7.67. The van der Waals surface area contributed by atoms with E-state index in [-0.39, 0.29) is 5.41 Å². The van der Waals surface area contributed by atoms with Crippen LogP contribution in [0.4, 0.5) is 0 Å². The summed E-state index contributed by atoms with van der Waals surface area (Å²) >= 11 is 0. The van der Waals surface area contributed by atoms with E-state index in [1.807, 2.05) is 4.90 Å². The topological polar surface area (TPSA) is 41.6 Å². The van der Waals surface area contributed by atoms with Crippen LogP contribution in [0, 0.1) is 5.41 Å². The molecule has 1 amide bonds. The summed E-state index contributed by atoms with van der Waals surface area (Å²) in [7, 11) is 0. The first-order valence-electron chi connectivity index (χ1n) is 6.33. The molecule has 0 saturated carbocycles. The van der Waals surface area contributed by atoms with Crippen molar-refractivity contribution in [3.63, 3.8) is 0 Å². The number of morpholine rings is 1. The van der Waals surface area contributed by atoms with Crippen LogP contribution < -0.4 is 5.32 Å². The van der Waals surface area contributed by atoms with Gasteiger partial charge in [-0.15, -0.1) is 0 Å². The molecule has 0 aromatic rings. The number of nitrogens with one attached hydrogen (secondary N) is 1. The van der Waals surface area contributed by atoms with Gasteiger partial charge in [-0.05, 0) is 32.7 Å². The van der Waals surface area contributed by atoms with Crippen LogP contribution in [-0.4, -0.2) is 49.2 Å². The lowest BCUT2D eigenvalue weighted by Gasteiger charge is -2.37. The third kappa shape index (κ3) is 1.64. The van der Waals surface area contributed by atoms with Crippen molar-refractivity contribution in [2.75, 3.05) is 26.2 Å². The summed E-state index contributed by atoms with van der Waals surface area (Å²) in [6.45, 7) is 5.51. The van der Waals surface area contributed by atoms with Crippen molar-refractivity contribution in [1.29, 1.82) is 0 Å². The fourth-order valence-electron chi connectivity index (χ4n) is 3.16. The zero-order chi connectivity index (χ0) is 11.2. The number of hydrogen-bond acceptors (Lipinski definition) is 3. The number of hydrogen-bond donors (Lipinski definition) is 1. The summed E-state index contributed by atoms with van der Waals surface area (Å²) < 4.78 is 5.76. The molecule has 3 rings (SSSR count). The molecule has 0 aromatic carbocycles. The first kappa shape index (κ1) is 10.5. The van der Waals surface area contributed by atoms with E-state index >= 15 is 0 Å². The van der Waals surface area contributed by atoms with Crippen LogP contribution in [0.1, 0.15) is 26.2 Å². The minimum absolute atomic E-state index is 0.170. The number of carbonyl (C=O) groups is 1. The van der Waals surface area contributed by atoms with Crippen molar-refractivity contribution in [3.8, 4) is 0 Å². The predicted molar refractivity (Wildman–Crippen MR) is 60.1 cm³/mol. The molecule has 1 N–H and O–H groups in total. The second-order valence-corrected chi connectivity index (χ2v) is 5.66. The van der Waals surface area contributed by atoms with Gasteiger partial charge in [0.15, 0.2) is 0 Å². The highest BCUT2D eigenvalue weighted by Crippen LogP contribution is 2.32. The third-order valence-corrected chi connectivity index (χ3v) is 4.22. The molecule has 0 radical (unpaired) electrons. The number of ether oxygens (including phenoxy) is 1. The number of nitrogens with zero attached hydrogens (tertiary/aromatic N) is 1. The predicted octanol–water partition coefficient (Wildman–Crippen LogP) is 0.376. The second-order valence-electron chi connectivity index (χ2n) is 5.66. The van der Waals surface area contributed by atoms with Gasteiger partial charge >= 0.3 is 0 Å². The molecule has 0 spiro atoms. The van der Waals surface area contributed by atoms with E-state index in [1.165, 1.54) is 0 Å². The van der Waals surface area contributed by atoms with Crippen LogP contribution in [0.2, 0.25) is 0 Å². The van der Waals surface area contributed by atoms with E-state index < -0.39 is 0 Å². The van der Waals surface area contributed by atoms with E-state index in [1.54, 1.807) is 0 Å². The van der Waals surface area contributed by atoms with Gasteiger partial charge in [0.25, 0.3) is 0 Å². The Labute approximate surface area is 96.3 Å². The van der Waals surface area contributed by atoms with Crippen molar-refractivity contribution in [2.45, 2.75) is 38.4 Å². The highest BCUT2D eigenvalue weighted by molar-refractivity contribution is 5.83. The number of rotatable bonds is 1. The molecule has 90 valence electrons. The van der Waals surface area contributed by atoms with E-state index in [0.29, 0.717) is 18.1 Å². The van der Waals surface area contributed by atoms with Gasteiger partial charge in [0, 0.05) is 19.6 Å². The highest BCUT2D eigenvalue weighted by Gasteiger charge is 2.43. The Hall–Kier alpha value is -0.610. The Morgan fingerprint density at radius 2 is 2.06 bits per heavy atom. The van der Waals surface area contributed by atoms with Crippen LogP contribution in [-0.2, 0) is 9.53 Å². The summed E-state index contributed by atoms with van der Waals surface area (Å²) in [6.07, 6.45) is 3.84. The normalized spacial score (nSPS) is 42.7. The maximum atomic E-state index is 12.5. The van der Waals surface area contributed by atoms with Crippen molar-refractivity contribution >= 4 is 5.91 Å². The summed E-state index contributed by atoms with van der Waals surface area (Å²) in [5.74, 6) is 0.331. The number of likely N-dealkylation sites (tertiary alicyclic amines) is 1. The lowest BCUT2D eigenvalue weighted by atomic mass is 9.88. The van der Waals surface area contributed by atoms with Gasteiger partial charge in [-0.2, -0.15) is 0 Å². The lowest BCUT2D eigenvalue weighted by Crippen LogP contribution is -2.51. The Morgan fingerprint density at radius 1 is 1.38 bits per heavy atom. The molecular weight excluding hydrogens is 204 g/mol. The maximum Gasteiger partial charge on any atom is 0.230 e. The van der Waals surface area contributed by atoms with Gasteiger partial charge in [0.2, 0.25) is 5.91 Å². The fraction of sp³-hybridized carbons (Fsp3) is 0.917. The molecule has 3 unspecified atom stereocenters. The molecule has 3 aliphatic heterocycles. The standard InChI is InChI=1S/C12H20N2O2/c1-12(4-5-13-8-12)11(15)14-6-9-2-3-10(7-14)16-9/h9-10,13H,2-8H2,1H3. The number of fused-ring (bicyclic) bond motifs is 2. The minimum Gasteiger partial charge on any atom is -0.371 e. The maximum absolute atomic E-state index is 12.5. The molecule has 0 aliphatic carbocycles. The molecule has 3 heterocycles. The van der Waals surface area contributed by atoms with Crippen LogP contribution in [0.5, 0.6) is 0 Å². The second kappa shape index (κ2) is 3.70. The van der Waals surface area contributed by atoms with Crippen molar-refractivity contribution in [2.24, 2.45) is 5.41 Å². The fourth-order valence-corrected chi connectivity index (χ4v) is 3.16. The van der Waals surface area contributed by atoms with Crippen LogP contribution >= 0.6 is 0 Å². The van der Waals surface area contributed by atoms with E-state index in [2.05, 4.69) is 12.2 Å². The summed E-state index contributed by atoms with van der Waals surface area (Å²) in [4.78, 5) is 14.5. The Kier molecular flexibility index (Phi) is 2.44.